The molecule has 200 valence electrons. The molecule has 0 spiro atoms. The maximum atomic E-state index is 13.2. The SMILES string of the molecule is O=C(NC1CCC2CC3CC(O)(C2)CC31)c1ccc2c(c1)ncn2CCNC(=O)N1CCS(=O)(=O)CC1. The molecule has 4 fully saturated rings. The molecule has 3 saturated carbocycles. The average Bonchev–Trinajstić information content (AvgIpc) is 3.33. The van der Waals surface area contributed by atoms with Crippen molar-refractivity contribution in [1.29, 1.82) is 0 Å². The zero-order valence-corrected chi connectivity index (χ0v) is 21.8. The minimum atomic E-state index is -3.03. The van der Waals surface area contributed by atoms with Gasteiger partial charge in [-0.25, -0.2) is 18.2 Å². The summed E-state index contributed by atoms with van der Waals surface area (Å²) >= 11 is 0. The number of urea groups is 1. The average molecular weight is 530 g/mol. The second-order valence-electron chi connectivity index (χ2n) is 11.5. The van der Waals surface area contributed by atoms with Gasteiger partial charge in [-0.05, 0) is 74.5 Å². The van der Waals surface area contributed by atoms with E-state index in [1.807, 2.05) is 22.8 Å². The summed E-state index contributed by atoms with van der Waals surface area (Å²) in [6.07, 6.45) is 7.53. The summed E-state index contributed by atoms with van der Waals surface area (Å²) in [7, 11) is -3.03. The molecule has 2 heterocycles. The highest BCUT2D eigenvalue weighted by Gasteiger charge is 2.53. The number of amides is 3. The molecule has 2 aromatic rings. The van der Waals surface area contributed by atoms with E-state index in [2.05, 4.69) is 15.6 Å². The Morgan fingerprint density at radius 3 is 2.76 bits per heavy atom. The first kappa shape index (κ1) is 24.7. The Balaban J connectivity index is 1.06. The van der Waals surface area contributed by atoms with Crippen molar-refractivity contribution in [2.75, 3.05) is 31.1 Å². The lowest BCUT2D eigenvalue weighted by Crippen LogP contribution is -2.48. The summed E-state index contributed by atoms with van der Waals surface area (Å²) in [5.74, 6) is 1.37. The van der Waals surface area contributed by atoms with Gasteiger partial charge in [-0.1, -0.05) is 0 Å². The van der Waals surface area contributed by atoms with Gasteiger partial charge in [-0.3, -0.25) is 4.79 Å². The lowest BCUT2D eigenvalue weighted by molar-refractivity contribution is -0.00594. The molecule has 1 aliphatic heterocycles. The van der Waals surface area contributed by atoms with Crippen molar-refractivity contribution in [3.05, 3.63) is 30.1 Å². The Labute approximate surface area is 216 Å². The fourth-order valence-corrected chi connectivity index (χ4v) is 8.45. The lowest BCUT2D eigenvalue weighted by Gasteiger charge is -2.33. The second-order valence-corrected chi connectivity index (χ2v) is 13.8. The Morgan fingerprint density at radius 1 is 1.14 bits per heavy atom. The van der Waals surface area contributed by atoms with Gasteiger partial charge in [0.05, 0.1) is 34.5 Å². The van der Waals surface area contributed by atoms with E-state index in [9.17, 15) is 23.1 Å². The maximum absolute atomic E-state index is 13.2. The van der Waals surface area contributed by atoms with Crippen molar-refractivity contribution in [1.82, 2.24) is 25.1 Å². The van der Waals surface area contributed by atoms with E-state index in [1.165, 1.54) is 11.3 Å². The second kappa shape index (κ2) is 9.27. The molecule has 11 heteroatoms. The molecule has 5 unspecified atom stereocenters. The topological polar surface area (TPSA) is 134 Å². The minimum Gasteiger partial charge on any atom is -0.390 e. The molecule has 3 N–H and O–H groups in total. The molecule has 10 nitrogen and oxygen atoms in total. The summed E-state index contributed by atoms with van der Waals surface area (Å²) in [5, 5.41) is 17.1. The number of nitrogens with zero attached hydrogens (tertiary/aromatic N) is 3. The number of imidazole rings is 1. The van der Waals surface area contributed by atoms with Gasteiger partial charge in [0.25, 0.3) is 5.91 Å². The van der Waals surface area contributed by atoms with Gasteiger partial charge in [-0.15, -0.1) is 0 Å². The van der Waals surface area contributed by atoms with Crippen LogP contribution in [-0.4, -0.2) is 82.7 Å². The van der Waals surface area contributed by atoms with Gasteiger partial charge in [0.15, 0.2) is 9.84 Å². The number of carbonyl (C=O) groups excluding carboxylic acids is 2. The van der Waals surface area contributed by atoms with Gasteiger partial charge < -0.3 is 25.2 Å². The van der Waals surface area contributed by atoms with Crippen LogP contribution in [0.2, 0.25) is 0 Å². The first-order valence-electron chi connectivity index (χ1n) is 13.4. The Bertz CT molecular complexity index is 1310. The highest BCUT2D eigenvalue weighted by molar-refractivity contribution is 7.91. The third kappa shape index (κ3) is 4.95. The van der Waals surface area contributed by atoms with Crippen molar-refractivity contribution in [2.24, 2.45) is 17.8 Å². The van der Waals surface area contributed by atoms with Crippen molar-refractivity contribution in [3.8, 4) is 0 Å². The molecule has 5 atom stereocenters. The van der Waals surface area contributed by atoms with E-state index < -0.39 is 15.4 Å². The normalized spacial score (nSPS) is 32.3. The zero-order valence-electron chi connectivity index (χ0n) is 20.9. The predicted molar refractivity (Wildman–Crippen MR) is 138 cm³/mol. The first-order chi connectivity index (χ1) is 17.7. The highest BCUT2D eigenvalue weighted by atomic mass is 32.2. The number of fused-ring (bicyclic) bond motifs is 3. The van der Waals surface area contributed by atoms with Crippen molar-refractivity contribution < 1.29 is 23.1 Å². The van der Waals surface area contributed by atoms with Gasteiger partial charge in [-0.2, -0.15) is 0 Å². The number of aromatic nitrogens is 2. The quantitative estimate of drug-likeness (QED) is 0.538. The van der Waals surface area contributed by atoms with Crippen LogP contribution in [0.5, 0.6) is 0 Å². The first-order valence-corrected chi connectivity index (χ1v) is 15.2. The Kier molecular flexibility index (Phi) is 6.18. The zero-order chi connectivity index (χ0) is 25.8. The summed E-state index contributed by atoms with van der Waals surface area (Å²) in [6, 6.07) is 5.36. The number of benzene rings is 1. The summed E-state index contributed by atoms with van der Waals surface area (Å²) < 4.78 is 25.0. The van der Waals surface area contributed by atoms with Crippen LogP contribution in [0, 0.1) is 17.8 Å². The van der Waals surface area contributed by atoms with E-state index in [0.717, 1.165) is 43.1 Å². The van der Waals surface area contributed by atoms with Crippen molar-refractivity contribution in [3.63, 3.8) is 0 Å². The number of nitrogens with one attached hydrogen (secondary N) is 2. The predicted octanol–water partition coefficient (Wildman–Crippen LogP) is 1.54. The number of sulfone groups is 1. The summed E-state index contributed by atoms with van der Waals surface area (Å²) in [4.78, 5) is 31.5. The third-order valence-corrected chi connectivity index (χ3v) is 10.6. The van der Waals surface area contributed by atoms with Gasteiger partial charge >= 0.3 is 6.03 Å². The van der Waals surface area contributed by atoms with Crippen LogP contribution < -0.4 is 10.6 Å². The fraction of sp³-hybridized carbons (Fsp3) is 0.654. The van der Waals surface area contributed by atoms with E-state index in [0.29, 0.717) is 36.4 Å². The fourth-order valence-electron chi connectivity index (χ4n) is 7.25. The van der Waals surface area contributed by atoms with Gasteiger partial charge in [0, 0.05) is 37.8 Å². The monoisotopic (exact) mass is 529 g/mol. The molecule has 3 bridgehead atoms. The molecule has 6 rings (SSSR count). The number of hydrogen-bond donors (Lipinski definition) is 3. The van der Waals surface area contributed by atoms with Crippen LogP contribution in [-0.2, 0) is 16.4 Å². The minimum absolute atomic E-state index is 0.00715. The number of aliphatic hydroxyl groups is 1. The molecule has 1 aromatic carbocycles. The van der Waals surface area contributed by atoms with E-state index >= 15 is 0 Å². The van der Waals surface area contributed by atoms with Crippen molar-refractivity contribution >= 4 is 32.8 Å². The standard InChI is InChI=1S/C26H35N5O5S/c32-24(29-21-3-1-17-11-19-14-26(34,13-17)15-20(19)21)18-2-4-23-22(12-18)28-16-31(23)6-5-27-25(33)30-7-9-37(35,36)10-8-30/h2,4,12,16-17,19-21,34H,1,3,5-11,13-15H2,(H,27,33)(H,29,32). The van der Waals surface area contributed by atoms with E-state index in [4.69, 9.17) is 0 Å². The van der Waals surface area contributed by atoms with Crippen LogP contribution >= 0.6 is 0 Å². The summed E-state index contributed by atoms with van der Waals surface area (Å²) in [5.41, 5.74) is 1.65. The van der Waals surface area contributed by atoms with Crippen LogP contribution in [0.25, 0.3) is 11.0 Å². The molecule has 1 saturated heterocycles. The molecule has 3 aliphatic carbocycles. The maximum Gasteiger partial charge on any atom is 0.317 e. The van der Waals surface area contributed by atoms with Crippen LogP contribution in [0.4, 0.5) is 4.79 Å². The molecule has 0 radical (unpaired) electrons. The van der Waals surface area contributed by atoms with E-state index in [1.54, 1.807) is 6.33 Å². The smallest absolute Gasteiger partial charge is 0.317 e. The summed E-state index contributed by atoms with van der Waals surface area (Å²) in [6.45, 7) is 1.33. The molecular formula is C26H35N5O5S. The molecule has 4 aliphatic rings. The Morgan fingerprint density at radius 2 is 1.95 bits per heavy atom. The van der Waals surface area contributed by atoms with Gasteiger partial charge in [0.2, 0.25) is 0 Å². The van der Waals surface area contributed by atoms with Crippen molar-refractivity contribution in [2.45, 2.75) is 56.7 Å². The van der Waals surface area contributed by atoms with Crippen LogP contribution in [0.3, 0.4) is 0 Å². The molecule has 37 heavy (non-hydrogen) atoms. The van der Waals surface area contributed by atoms with E-state index in [-0.39, 0.29) is 42.6 Å². The van der Waals surface area contributed by atoms with Gasteiger partial charge in [0.1, 0.15) is 0 Å². The third-order valence-electron chi connectivity index (χ3n) is 9.03. The molecular weight excluding hydrogens is 494 g/mol. The number of hydrogen-bond acceptors (Lipinski definition) is 6. The number of rotatable bonds is 5. The number of carbonyl (C=O) groups is 2. The van der Waals surface area contributed by atoms with Crippen LogP contribution in [0.15, 0.2) is 24.5 Å². The van der Waals surface area contributed by atoms with Crippen LogP contribution in [0.1, 0.15) is 48.9 Å². The highest BCUT2D eigenvalue weighted by Crippen LogP contribution is 2.55. The Hall–Kier alpha value is -2.66. The lowest BCUT2D eigenvalue weighted by atomic mass is 9.77. The molecule has 1 aromatic heterocycles. The molecule has 3 amide bonds. The largest absolute Gasteiger partial charge is 0.390 e.